The first-order chi connectivity index (χ1) is 9.70. The second kappa shape index (κ2) is 5.18. The second-order valence-electron chi connectivity index (χ2n) is 3.98. The first-order valence-corrected chi connectivity index (χ1v) is 7.04. The van der Waals surface area contributed by atoms with Crippen LogP contribution in [-0.4, -0.2) is 21.9 Å². The fourth-order valence-corrected chi connectivity index (χ4v) is 2.86. The highest BCUT2D eigenvalue weighted by molar-refractivity contribution is 7.71. The first kappa shape index (κ1) is 13.0. The third kappa shape index (κ3) is 2.14. The molecule has 0 unspecified atom stereocenters. The van der Waals surface area contributed by atoms with E-state index >= 15 is 0 Å². The molecule has 7 heteroatoms. The van der Waals surface area contributed by atoms with Crippen molar-refractivity contribution in [3.05, 3.63) is 46.3 Å². The Morgan fingerprint density at radius 2 is 2.25 bits per heavy atom. The summed E-state index contributed by atoms with van der Waals surface area (Å²) in [6.45, 7) is 0. The normalized spacial score (nSPS) is 10.7. The van der Waals surface area contributed by atoms with E-state index < -0.39 is 0 Å². The van der Waals surface area contributed by atoms with E-state index in [4.69, 9.17) is 17.0 Å². The summed E-state index contributed by atoms with van der Waals surface area (Å²) in [5, 5.41) is 8.96. The van der Waals surface area contributed by atoms with E-state index in [1.165, 1.54) is 19.2 Å². The molecular formula is C13H10FN3OS2. The fourth-order valence-electron chi connectivity index (χ4n) is 1.93. The molecule has 0 saturated carbocycles. The topological polar surface area (TPSA) is 42.8 Å². The minimum atomic E-state index is -0.363. The lowest BCUT2D eigenvalue weighted by Gasteiger charge is -2.10. The number of aromatic nitrogens is 3. The van der Waals surface area contributed by atoms with Gasteiger partial charge in [0.15, 0.2) is 10.6 Å². The van der Waals surface area contributed by atoms with E-state index in [0.717, 1.165) is 4.88 Å². The van der Waals surface area contributed by atoms with Crippen molar-refractivity contribution in [2.75, 3.05) is 7.11 Å². The molecule has 0 amide bonds. The molecule has 0 fully saturated rings. The van der Waals surface area contributed by atoms with Crippen LogP contribution >= 0.6 is 23.6 Å². The molecule has 3 rings (SSSR count). The molecule has 3 aromatic rings. The highest BCUT2D eigenvalue weighted by Crippen LogP contribution is 2.30. The summed E-state index contributed by atoms with van der Waals surface area (Å²) >= 11 is 6.82. The van der Waals surface area contributed by atoms with Gasteiger partial charge in [0, 0.05) is 6.07 Å². The second-order valence-corrected chi connectivity index (χ2v) is 5.32. The molecule has 0 aliphatic heterocycles. The summed E-state index contributed by atoms with van der Waals surface area (Å²) in [5.74, 6) is 0.716. The summed E-state index contributed by atoms with van der Waals surface area (Å²) in [4.78, 5) is 0.962. The zero-order valence-corrected chi connectivity index (χ0v) is 12.1. The molecule has 0 aliphatic carbocycles. The van der Waals surface area contributed by atoms with E-state index in [1.54, 1.807) is 22.0 Å². The molecule has 0 spiro atoms. The molecule has 2 aromatic heterocycles. The number of thiophene rings is 1. The Bertz CT molecular complexity index is 792. The maximum Gasteiger partial charge on any atom is 0.200 e. The van der Waals surface area contributed by atoms with Crippen molar-refractivity contribution in [1.29, 1.82) is 0 Å². The van der Waals surface area contributed by atoms with Crippen LogP contribution in [0.25, 0.3) is 16.4 Å². The van der Waals surface area contributed by atoms with Gasteiger partial charge >= 0.3 is 0 Å². The summed E-state index contributed by atoms with van der Waals surface area (Å²) in [6.07, 6.45) is 0. The molecule has 0 saturated heterocycles. The van der Waals surface area contributed by atoms with Crippen molar-refractivity contribution in [2.45, 2.75) is 0 Å². The molecule has 1 N–H and O–H groups in total. The largest absolute Gasteiger partial charge is 0.494 e. The van der Waals surface area contributed by atoms with Gasteiger partial charge in [-0.05, 0) is 35.8 Å². The van der Waals surface area contributed by atoms with Gasteiger partial charge in [-0.15, -0.1) is 11.3 Å². The highest BCUT2D eigenvalue weighted by Gasteiger charge is 2.15. The Morgan fingerprint density at radius 3 is 2.95 bits per heavy atom. The fraction of sp³-hybridized carbons (Fsp3) is 0.0769. The number of aromatic amines is 1. The first-order valence-electron chi connectivity index (χ1n) is 5.76. The SMILES string of the molecule is COc1cc(F)ccc1-n1c(-c2cccs2)n[nH]c1=S. The lowest BCUT2D eigenvalue weighted by atomic mass is 10.2. The van der Waals surface area contributed by atoms with Gasteiger partial charge in [0.2, 0.25) is 0 Å². The maximum absolute atomic E-state index is 13.3. The smallest absolute Gasteiger partial charge is 0.200 e. The quantitative estimate of drug-likeness (QED) is 0.748. The number of hydrogen-bond acceptors (Lipinski definition) is 4. The lowest BCUT2D eigenvalue weighted by Crippen LogP contribution is -2.00. The van der Waals surface area contributed by atoms with E-state index in [9.17, 15) is 4.39 Å². The Labute approximate surface area is 123 Å². The van der Waals surface area contributed by atoms with Gasteiger partial charge in [-0.25, -0.2) is 4.39 Å². The van der Waals surface area contributed by atoms with Gasteiger partial charge in [0.05, 0.1) is 17.7 Å². The van der Waals surface area contributed by atoms with Crippen molar-refractivity contribution in [3.8, 4) is 22.1 Å². The van der Waals surface area contributed by atoms with E-state index in [-0.39, 0.29) is 5.82 Å². The molecule has 0 radical (unpaired) electrons. The van der Waals surface area contributed by atoms with Crippen LogP contribution in [0.15, 0.2) is 35.7 Å². The van der Waals surface area contributed by atoms with Gasteiger partial charge in [-0.2, -0.15) is 5.10 Å². The van der Waals surface area contributed by atoms with Crippen molar-refractivity contribution >= 4 is 23.6 Å². The van der Waals surface area contributed by atoms with Gasteiger partial charge in [0.25, 0.3) is 0 Å². The van der Waals surface area contributed by atoms with Gasteiger partial charge in [-0.3, -0.25) is 9.67 Å². The van der Waals surface area contributed by atoms with Crippen LogP contribution in [0.4, 0.5) is 4.39 Å². The van der Waals surface area contributed by atoms with Crippen LogP contribution in [0.5, 0.6) is 5.75 Å². The Balaban J connectivity index is 2.26. The minimum absolute atomic E-state index is 0.363. The average Bonchev–Trinajstić information content (AvgIpc) is 3.08. The highest BCUT2D eigenvalue weighted by atomic mass is 32.1. The molecule has 0 aliphatic rings. The molecule has 102 valence electrons. The van der Waals surface area contributed by atoms with Crippen LogP contribution in [0.2, 0.25) is 0 Å². The summed E-state index contributed by atoms with van der Waals surface area (Å²) in [6, 6.07) is 8.19. The van der Waals surface area contributed by atoms with Crippen molar-refractivity contribution in [1.82, 2.24) is 14.8 Å². The maximum atomic E-state index is 13.3. The van der Waals surface area contributed by atoms with Gasteiger partial charge in [0.1, 0.15) is 11.6 Å². The number of rotatable bonds is 3. The zero-order valence-electron chi connectivity index (χ0n) is 10.5. The van der Waals surface area contributed by atoms with Crippen molar-refractivity contribution < 1.29 is 9.13 Å². The standard InChI is InChI=1S/C13H10FN3OS2/c1-18-10-7-8(14)4-5-9(10)17-12(15-16-13(17)19)11-3-2-6-20-11/h2-7H,1H3,(H,16,19). The number of nitrogens with one attached hydrogen (secondary N) is 1. The molecule has 2 heterocycles. The third-order valence-corrected chi connectivity index (χ3v) is 3.94. The number of ether oxygens (including phenoxy) is 1. The molecule has 20 heavy (non-hydrogen) atoms. The Morgan fingerprint density at radius 1 is 1.40 bits per heavy atom. The van der Waals surface area contributed by atoms with Crippen LogP contribution < -0.4 is 4.74 Å². The van der Waals surface area contributed by atoms with Gasteiger partial charge < -0.3 is 4.74 Å². The lowest BCUT2D eigenvalue weighted by molar-refractivity contribution is 0.409. The van der Waals surface area contributed by atoms with Crippen molar-refractivity contribution in [2.24, 2.45) is 0 Å². The molecular weight excluding hydrogens is 297 g/mol. The molecule has 0 atom stereocenters. The Kier molecular flexibility index (Phi) is 3.37. The van der Waals surface area contributed by atoms with Crippen LogP contribution in [0.3, 0.4) is 0 Å². The van der Waals surface area contributed by atoms with E-state index in [0.29, 0.717) is 22.0 Å². The number of hydrogen-bond donors (Lipinski definition) is 1. The van der Waals surface area contributed by atoms with E-state index in [1.807, 2.05) is 17.5 Å². The molecule has 4 nitrogen and oxygen atoms in total. The van der Waals surface area contributed by atoms with Crippen LogP contribution in [0, 0.1) is 10.6 Å². The Hall–Kier alpha value is -1.99. The number of nitrogens with zero attached hydrogens (tertiary/aromatic N) is 2. The minimum Gasteiger partial charge on any atom is -0.494 e. The predicted octanol–water partition coefficient (Wildman–Crippen LogP) is 3.81. The van der Waals surface area contributed by atoms with Gasteiger partial charge in [-0.1, -0.05) is 6.07 Å². The molecule has 1 aromatic carbocycles. The number of H-pyrrole nitrogens is 1. The number of benzene rings is 1. The summed E-state index contributed by atoms with van der Waals surface area (Å²) in [7, 11) is 1.49. The number of halogens is 1. The van der Waals surface area contributed by atoms with Crippen LogP contribution in [-0.2, 0) is 0 Å². The van der Waals surface area contributed by atoms with Crippen LogP contribution in [0.1, 0.15) is 0 Å². The third-order valence-electron chi connectivity index (χ3n) is 2.80. The monoisotopic (exact) mass is 307 g/mol. The summed E-state index contributed by atoms with van der Waals surface area (Å²) in [5.41, 5.74) is 0.649. The summed E-state index contributed by atoms with van der Waals surface area (Å²) < 4.78 is 20.7. The van der Waals surface area contributed by atoms with E-state index in [2.05, 4.69) is 10.2 Å². The number of methoxy groups -OCH3 is 1. The molecule has 0 bridgehead atoms. The zero-order chi connectivity index (χ0) is 14.1. The van der Waals surface area contributed by atoms with Crippen molar-refractivity contribution in [3.63, 3.8) is 0 Å². The predicted molar refractivity (Wildman–Crippen MR) is 78.6 cm³/mol. The average molecular weight is 307 g/mol.